The summed E-state index contributed by atoms with van der Waals surface area (Å²) in [5.41, 5.74) is 5.23. The van der Waals surface area contributed by atoms with Crippen LogP contribution >= 0.6 is 11.6 Å². The van der Waals surface area contributed by atoms with Crippen LogP contribution in [0.25, 0.3) is 0 Å². The fourth-order valence-electron chi connectivity index (χ4n) is 0.416. The largest absolute Gasteiger partial charge is 0.330 e. The summed E-state index contributed by atoms with van der Waals surface area (Å²) in [6, 6.07) is 0. The van der Waals surface area contributed by atoms with Gasteiger partial charge in [0.2, 0.25) is 0 Å². The third-order valence-electron chi connectivity index (χ3n) is 0.838. The van der Waals surface area contributed by atoms with Gasteiger partial charge in [-0.3, -0.25) is 0 Å². The van der Waals surface area contributed by atoms with Crippen molar-refractivity contribution >= 4 is 11.6 Å². The summed E-state index contributed by atoms with van der Waals surface area (Å²) in [4.78, 5) is 0. The smallest absolute Gasteiger partial charge is 0.0223 e. The minimum atomic E-state index is 0. The van der Waals surface area contributed by atoms with E-state index in [1.165, 1.54) is 6.42 Å². The summed E-state index contributed by atoms with van der Waals surface area (Å²) in [6.45, 7) is 0.802. The Hall–Kier alpha value is 0.756. The van der Waals surface area contributed by atoms with Crippen LogP contribution in [0.15, 0.2) is 0 Å². The Labute approximate surface area is 66.2 Å². The molecule has 1 radical (unpaired) electrons. The molecule has 0 bridgehead atoms. The number of alkyl halides is 1. The zero-order valence-corrected chi connectivity index (χ0v) is 6.62. The minimum absolute atomic E-state index is 0. The predicted octanol–water partition coefficient (Wildman–Crippen LogP) is 1.35. The maximum atomic E-state index is 5.40. The first-order chi connectivity index (χ1) is 3.41. The van der Waals surface area contributed by atoms with Crippen LogP contribution in [0.3, 0.4) is 0 Å². The van der Waals surface area contributed by atoms with E-state index >= 15 is 0 Å². The Kier molecular flexibility index (Phi) is 15.4. The van der Waals surface area contributed by atoms with Gasteiger partial charge in [0, 0.05) is 22.7 Å². The Morgan fingerprint density at radius 1 is 1.12 bits per heavy atom. The van der Waals surface area contributed by atoms with E-state index in [4.69, 9.17) is 17.3 Å². The van der Waals surface area contributed by atoms with Crippen LogP contribution in [0.5, 0.6) is 0 Å². The Bertz CT molecular complexity index is 31.6. The second-order valence-corrected chi connectivity index (χ2v) is 1.92. The summed E-state index contributed by atoms with van der Waals surface area (Å²) in [5.74, 6) is 0.778. The van der Waals surface area contributed by atoms with Gasteiger partial charge in [-0.25, -0.2) is 0 Å². The van der Waals surface area contributed by atoms with Gasteiger partial charge in [0.15, 0.2) is 0 Å². The van der Waals surface area contributed by atoms with E-state index in [1.807, 2.05) is 0 Å². The first-order valence-electron chi connectivity index (χ1n) is 2.68. The SMILES string of the molecule is NCCCCCCl.[Co]. The van der Waals surface area contributed by atoms with E-state index in [0.29, 0.717) is 0 Å². The molecule has 0 aliphatic rings. The minimum Gasteiger partial charge on any atom is -0.330 e. The third-order valence-corrected chi connectivity index (χ3v) is 1.11. The number of nitrogens with two attached hydrogens (primary N) is 1. The van der Waals surface area contributed by atoms with E-state index in [2.05, 4.69) is 0 Å². The molecule has 3 heteroatoms. The van der Waals surface area contributed by atoms with E-state index in [0.717, 1.165) is 25.3 Å². The molecule has 0 unspecified atom stereocenters. The molecule has 8 heavy (non-hydrogen) atoms. The van der Waals surface area contributed by atoms with Gasteiger partial charge in [0.25, 0.3) is 0 Å². The topological polar surface area (TPSA) is 26.0 Å². The molecule has 0 heterocycles. The third kappa shape index (κ3) is 9.90. The van der Waals surface area contributed by atoms with Crippen molar-refractivity contribution in [1.29, 1.82) is 0 Å². The molecular formula is C5H12ClCoN. The fourth-order valence-corrected chi connectivity index (χ4v) is 0.605. The first kappa shape index (κ1) is 11.5. The fraction of sp³-hybridized carbons (Fsp3) is 1.00. The summed E-state index contributed by atoms with van der Waals surface area (Å²) in [7, 11) is 0. The molecule has 0 fully saturated rings. The van der Waals surface area contributed by atoms with Crippen molar-refractivity contribution in [2.75, 3.05) is 12.4 Å². The maximum Gasteiger partial charge on any atom is 0.0223 e. The van der Waals surface area contributed by atoms with Crippen LogP contribution in [0, 0.1) is 0 Å². The molecular weight excluding hydrogens is 168 g/mol. The van der Waals surface area contributed by atoms with Crippen molar-refractivity contribution < 1.29 is 16.8 Å². The number of rotatable bonds is 4. The van der Waals surface area contributed by atoms with Crippen LogP contribution in [-0.4, -0.2) is 12.4 Å². The molecule has 0 aromatic heterocycles. The van der Waals surface area contributed by atoms with Gasteiger partial charge in [-0.05, 0) is 19.4 Å². The van der Waals surface area contributed by atoms with Gasteiger partial charge in [0.05, 0.1) is 0 Å². The van der Waals surface area contributed by atoms with Crippen LogP contribution in [0.4, 0.5) is 0 Å². The molecule has 0 atom stereocenters. The van der Waals surface area contributed by atoms with Gasteiger partial charge in [-0.1, -0.05) is 6.42 Å². The van der Waals surface area contributed by atoms with Gasteiger partial charge in [-0.15, -0.1) is 11.6 Å². The quantitative estimate of drug-likeness (QED) is 0.513. The molecule has 0 rings (SSSR count). The zero-order chi connectivity index (χ0) is 5.54. The maximum absolute atomic E-state index is 5.40. The second kappa shape index (κ2) is 10.7. The van der Waals surface area contributed by atoms with Crippen molar-refractivity contribution in [3.05, 3.63) is 0 Å². The van der Waals surface area contributed by atoms with E-state index < -0.39 is 0 Å². The Morgan fingerprint density at radius 3 is 2.12 bits per heavy atom. The molecule has 0 saturated heterocycles. The number of hydrogen-bond acceptors (Lipinski definition) is 1. The molecule has 0 saturated carbocycles. The molecule has 1 nitrogen and oxygen atoms in total. The summed E-state index contributed by atoms with van der Waals surface area (Å²) in [5, 5.41) is 0. The monoisotopic (exact) mass is 180 g/mol. The van der Waals surface area contributed by atoms with E-state index in [9.17, 15) is 0 Å². The standard InChI is InChI=1S/C5H12ClN.Co/c6-4-2-1-3-5-7;/h1-5,7H2;. The average Bonchev–Trinajstić information content (AvgIpc) is 1.69. The van der Waals surface area contributed by atoms with Gasteiger partial charge in [-0.2, -0.15) is 0 Å². The molecule has 0 spiro atoms. The molecule has 0 aliphatic carbocycles. The number of unbranched alkanes of at least 4 members (excludes halogenated alkanes) is 2. The van der Waals surface area contributed by atoms with Crippen LogP contribution in [-0.2, 0) is 16.8 Å². The molecule has 53 valence electrons. The van der Waals surface area contributed by atoms with Crippen LogP contribution in [0.2, 0.25) is 0 Å². The Balaban J connectivity index is 0. The Morgan fingerprint density at radius 2 is 1.75 bits per heavy atom. The normalized spacial score (nSPS) is 8.25. The van der Waals surface area contributed by atoms with Crippen molar-refractivity contribution in [2.45, 2.75) is 19.3 Å². The summed E-state index contributed by atoms with van der Waals surface area (Å²) >= 11 is 5.40. The molecule has 0 aliphatic heterocycles. The van der Waals surface area contributed by atoms with Crippen molar-refractivity contribution in [1.82, 2.24) is 0 Å². The number of halogens is 1. The first-order valence-corrected chi connectivity index (χ1v) is 3.21. The molecule has 0 amide bonds. The van der Waals surface area contributed by atoms with Crippen molar-refractivity contribution in [3.63, 3.8) is 0 Å². The van der Waals surface area contributed by atoms with Gasteiger partial charge in [0.1, 0.15) is 0 Å². The predicted molar refractivity (Wildman–Crippen MR) is 33.6 cm³/mol. The molecule has 0 aromatic rings. The number of hydrogen-bond donors (Lipinski definition) is 1. The second-order valence-electron chi connectivity index (χ2n) is 1.54. The zero-order valence-electron chi connectivity index (χ0n) is 4.82. The van der Waals surface area contributed by atoms with E-state index in [1.54, 1.807) is 0 Å². The molecule has 2 N–H and O–H groups in total. The van der Waals surface area contributed by atoms with Gasteiger partial charge < -0.3 is 5.73 Å². The van der Waals surface area contributed by atoms with Crippen LogP contribution < -0.4 is 5.73 Å². The van der Waals surface area contributed by atoms with Crippen LogP contribution in [0.1, 0.15) is 19.3 Å². The van der Waals surface area contributed by atoms with Crippen molar-refractivity contribution in [2.24, 2.45) is 5.73 Å². The average molecular weight is 181 g/mol. The van der Waals surface area contributed by atoms with Crippen molar-refractivity contribution in [3.8, 4) is 0 Å². The summed E-state index contributed by atoms with van der Waals surface area (Å²) in [6.07, 6.45) is 3.41. The van der Waals surface area contributed by atoms with E-state index in [-0.39, 0.29) is 16.8 Å². The van der Waals surface area contributed by atoms with Gasteiger partial charge >= 0.3 is 0 Å². The summed E-state index contributed by atoms with van der Waals surface area (Å²) < 4.78 is 0. The molecule has 0 aromatic carbocycles.